The second kappa shape index (κ2) is 6.17. The van der Waals surface area contributed by atoms with Gasteiger partial charge in [-0.25, -0.2) is 0 Å². The van der Waals surface area contributed by atoms with Crippen molar-refractivity contribution in [2.75, 3.05) is 0 Å². The minimum atomic E-state index is -0.305. The molecule has 0 amide bonds. The topological polar surface area (TPSA) is 24.9 Å². The van der Waals surface area contributed by atoms with Crippen LogP contribution in [0.1, 0.15) is 16.8 Å². The lowest BCUT2D eigenvalue weighted by Gasteiger charge is -2.32. The summed E-state index contributed by atoms with van der Waals surface area (Å²) in [7, 11) is 0. The standard InChI is InChI=1S/C22H18N2/c1-3-9-18(10-4-1)22(19-11-5-2-6-12-19)14-16-24-21(17-22)20-13-7-8-15-23-20/h1-17,24H. The zero-order chi connectivity index (χ0) is 16.2. The fraction of sp³-hybridized carbons (Fsp3) is 0.0455. The van der Waals surface area contributed by atoms with Crippen molar-refractivity contribution in [1.82, 2.24) is 10.3 Å². The maximum absolute atomic E-state index is 4.49. The van der Waals surface area contributed by atoms with Gasteiger partial charge in [0.2, 0.25) is 0 Å². The summed E-state index contributed by atoms with van der Waals surface area (Å²) in [6, 6.07) is 27.1. The van der Waals surface area contributed by atoms with Crippen molar-refractivity contribution in [3.05, 3.63) is 120 Å². The predicted octanol–water partition coefficient (Wildman–Crippen LogP) is 4.53. The number of allylic oxidation sites excluding steroid dienone is 2. The van der Waals surface area contributed by atoms with Crippen LogP contribution in [-0.4, -0.2) is 4.98 Å². The average molecular weight is 310 g/mol. The maximum Gasteiger partial charge on any atom is 0.0861 e. The van der Waals surface area contributed by atoms with E-state index in [1.807, 2.05) is 30.6 Å². The fourth-order valence-corrected chi connectivity index (χ4v) is 3.20. The van der Waals surface area contributed by atoms with Crippen LogP contribution in [0.15, 0.2) is 103 Å². The minimum absolute atomic E-state index is 0.305. The van der Waals surface area contributed by atoms with Gasteiger partial charge in [0.05, 0.1) is 16.8 Å². The zero-order valence-corrected chi connectivity index (χ0v) is 13.3. The van der Waals surface area contributed by atoms with Crippen molar-refractivity contribution in [2.45, 2.75) is 5.41 Å². The van der Waals surface area contributed by atoms with Gasteiger partial charge in [-0.1, -0.05) is 66.7 Å². The highest BCUT2D eigenvalue weighted by Crippen LogP contribution is 2.38. The Hall–Kier alpha value is -3.13. The van der Waals surface area contributed by atoms with Crippen LogP contribution in [0.25, 0.3) is 5.70 Å². The normalized spacial score (nSPS) is 15.4. The van der Waals surface area contributed by atoms with Crippen molar-refractivity contribution in [1.29, 1.82) is 0 Å². The Labute approximate surface area is 142 Å². The summed E-state index contributed by atoms with van der Waals surface area (Å²) in [6.07, 6.45) is 8.32. The summed E-state index contributed by atoms with van der Waals surface area (Å²) in [5, 5.41) is 3.35. The molecule has 1 aromatic heterocycles. The largest absolute Gasteiger partial charge is 0.360 e. The molecule has 0 saturated carbocycles. The molecule has 0 unspecified atom stereocenters. The number of hydrogen-bond acceptors (Lipinski definition) is 2. The van der Waals surface area contributed by atoms with Gasteiger partial charge >= 0.3 is 0 Å². The van der Waals surface area contributed by atoms with E-state index in [-0.39, 0.29) is 5.41 Å². The third kappa shape index (κ3) is 2.52. The summed E-state index contributed by atoms with van der Waals surface area (Å²) in [4.78, 5) is 4.49. The van der Waals surface area contributed by atoms with Gasteiger partial charge in [0.1, 0.15) is 0 Å². The molecule has 0 atom stereocenters. The Morgan fingerprint density at radius 3 is 1.92 bits per heavy atom. The van der Waals surface area contributed by atoms with E-state index in [2.05, 4.69) is 83.1 Å². The lowest BCUT2D eigenvalue weighted by molar-refractivity contribution is 0.790. The average Bonchev–Trinajstić information content (AvgIpc) is 2.70. The fourth-order valence-electron chi connectivity index (χ4n) is 3.20. The first-order chi connectivity index (χ1) is 11.9. The van der Waals surface area contributed by atoms with Gasteiger partial charge < -0.3 is 5.32 Å². The number of benzene rings is 2. The highest BCUT2D eigenvalue weighted by atomic mass is 14.9. The Morgan fingerprint density at radius 2 is 1.33 bits per heavy atom. The number of aromatic nitrogens is 1. The summed E-state index contributed by atoms with van der Waals surface area (Å²) >= 11 is 0. The Balaban J connectivity index is 1.92. The van der Waals surface area contributed by atoms with Gasteiger partial charge in [-0.05, 0) is 41.6 Å². The molecule has 0 radical (unpaired) electrons. The Morgan fingerprint density at radius 1 is 0.708 bits per heavy atom. The summed E-state index contributed by atoms with van der Waals surface area (Å²) < 4.78 is 0. The Bertz CT molecular complexity index is 826. The van der Waals surface area contributed by atoms with Crippen LogP contribution in [0.5, 0.6) is 0 Å². The molecule has 2 heteroatoms. The molecule has 0 fully saturated rings. The minimum Gasteiger partial charge on any atom is -0.360 e. The van der Waals surface area contributed by atoms with Crippen LogP contribution in [-0.2, 0) is 5.41 Å². The van der Waals surface area contributed by atoms with E-state index in [0.717, 1.165) is 11.4 Å². The SMILES string of the molecule is C1=CC(c2ccccc2)(c2ccccc2)C=C(c2ccccn2)N1. The molecule has 116 valence electrons. The molecule has 2 heterocycles. The highest BCUT2D eigenvalue weighted by molar-refractivity contribution is 5.69. The van der Waals surface area contributed by atoms with E-state index < -0.39 is 0 Å². The lowest BCUT2D eigenvalue weighted by Crippen LogP contribution is -2.28. The second-order valence-electron chi connectivity index (χ2n) is 5.85. The number of pyridine rings is 1. The van der Waals surface area contributed by atoms with Crippen molar-refractivity contribution in [3.63, 3.8) is 0 Å². The molecule has 2 nitrogen and oxygen atoms in total. The van der Waals surface area contributed by atoms with Crippen molar-refractivity contribution in [2.24, 2.45) is 0 Å². The van der Waals surface area contributed by atoms with Gasteiger partial charge in [0, 0.05) is 6.20 Å². The van der Waals surface area contributed by atoms with Crippen molar-refractivity contribution in [3.8, 4) is 0 Å². The van der Waals surface area contributed by atoms with Crippen LogP contribution in [0, 0.1) is 0 Å². The summed E-state index contributed by atoms with van der Waals surface area (Å²) in [5.74, 6) is 0. The number of nitrogens with one attached hydrogen (secondary N) is 1. The number of nitrogens with zero attached hydrogens (tertiary/aromatic N) is 1. The lowest BCUT2D eigenvalue weighted by atomic mass is 9.73. The molecule has 4 rings (SSSR count). The molecular formula is C22H18N2. The first kappa shape index (κ1) is 14.5. The molecular weight excluding hydrogens is 292 g/mol. The van der Waals surface area contributed by atoms with Gasteiger partial charge in [0.15, 0.2) is 0 Å². The van der Waals surface area contributed by atoms with Crippen LogP contribution in [0.3, 0.4) is 0 Å². The summed E-state index contributed by atoms with van der Waals surface area (Å²) in [6.45, 7) is 0. The maximum atomic E-state index is 4.49. The van der Waals surface area contributed by atoms with E-state index in [1.165, 1.54) is 11.1 Å². The Kier molecular flexibility index (Phi) is 3.72. The van der Waals surface area contributed by atoms with Crippen molar-refractivity contribution >= 4 is 5.70 Å². The van der Waals surface area contributed by atoms with Crippen molar-refractivity contribution < 1.29 is 0 Å². The quantitative estimate of drug-likeness (QED) is 0.769. The summed E-state index contributed by atoms with van der Waals surface area (Å²) in [5.41, 5.74) is 4.13. The second-order valence-corrected chi connectivity index (χ2v) is 5.85. The number of dihydropyridines is 1. The molecule has 0 saturated heterocycles. The molecule has 24 heavy (non-hydrogen) atoms. The zero-order valence-electron chi connectivity index (χ0n) is 13.3. The van der Waals surface area contributed by atoms with E-state index in [0.29, 0.717) is 0 Å². The molecule has 0 bridgehead atoms. The molecule has 1 aliphatic rings. The predicted molar refractivity (Wildman–Crippen MR) is 98.2 cm³/mol. The van der Waals surface area contributed by atoms with Gasteiger partial charge in [0.25, 0.3) is 0 Å². The molecule has 0 spiro atoms. The van der Waals surface area contributed by atoms with Crippen LogP contribution < -0.4 is 5.32 Å². The first-order valence-electron chi connectivity index (χ1n) is 8.08. The van der Waals surface area contributed by atoms with E-state index in [9.17, 15) is 0 Å². The van der Waals surface area contributed by atoms with Crippen LogP contribution >= 0.6 is 0 Å². The third-order valence-corrected chi connectivity index (χ3v) is 4.40. The van der Waals surface area contributed by atoms with E-state index >= 15 is 0 Å². The first-order valence-corrected chi connectivity index (χ1v) is 8.08. The smallest absolute Gasteiger partial charge is 0.0861 e. The monoisotopic (exact) mass is 310 g/mol. The number of rotatable bonds is 3. The van der Waals surface area contributed by atoms with Gasteiger partial charge in [-0.15, -0.1) is 0 Å². The number of hydrogen-bond donors (Lipinski definition) is 1. The van der Waals surface area contributed by atoms with Crippen LogP contribution in [0.4, 0.5) is 0 Å². The molecule has 1 N–H and O–H groups in total. The molecule has 0 aliphatic carbocycles. The molecule has 1 aliphatic heterocycles. The third-order valence-electron chi connectivity index (χ3n) is 4.40. The van der Waals surface area contributed by atoms with E-state index in [4.69, 9.17) is 0 Å². The molecule has 2 aromatic carbocycles. The van der Waals surface area contributed by atoms with Gasteiger partial charge in [-0.3, -0.25) is 4.98 Å². The molecule has 3 aromatic rings. The van der Waals surface area contributed by atoms with Gasteiger partial charge in [-0.2, -0.15) is 0 Å². The van der Waals surface area contributed by atoms with E-state index in [1.54, 1.807) is 0 Å². The highest BCUT2D eigenvalue weighted by Gasteiger charge is 2.32. The van der Waals surface area contributed by atoms with Crippen LogP contribution in [0.2, 0.25) is 0 Å².